The van der Waals surface area contributed by atoms with Gasteiger partial charge in [0, 0.05) is 50.5 Å². The molecule has 2 heterocycles. The van der Waals surface area contributed by atoms with Gasteiger partial charge in [-0.25, -0.2) is 0 Å². The number of hydrogen-bond acceptors (Lipinski definition) is 5. The van der Waals surface area contributed by atoms with E-state index in [2.05, 4.69) is 33.0 Å². The summed E-state index contributed by atoms with van der Waals surface area (Å²) in [6.07, 6.45) is 2.05. The second kappa shape index (κ2) is 9.04. The van der Waals surface area contributed by atoms with E-state index >= 15 is 0 Å². The average Bonchev–Trinajstić information content (AvgIpc) is 2.71. The maximum atomic E-state index is 12.4. The number of nitrogens with zero attached hydrogens (tertiary/aromatic N) is 5. The third kappa shape index (κ3) is 4.89. The van der Waals surface area contributed by atoms with Crippen LogP contribution in [0.2, 0.25) is 5.02 Å². The van der Waals surface area contributed by atoms with Crippen LogP contribution in [0.3, 0.4) is 0 Å². The number of hydrogen-bond donors (Lipinski definition) is 0. The van der Waals surface area contributed by atoms with E-state index in [0.29, 0.717) is 5.69 Å². The van der Waals surface area contributed by atoms with Crippen LogP contribution < -0.4 is 9.80 Å². The Morgan fingerprint density at radius 1 is 1.11 bits per heavy atom. The number of rotatable bonds is 6. The Morgan fingerprint density at radius 3 is 2.48 bits per heavy atom. The quantitative estimate of drug-likeness (QED) is 0.761. The van der Waals surface area contributed by atoms with Gasteiger partial charge in [-0.2, -0.15) is 0 Å². The first-order chi connectivity index (χ1) is 13.1. The second-order valence-electron chi connectivity index (χ2n) is 6.81. The molecule has 3 rings (SSSR count). The lowest BCUT2D eigenvalue weighted by atomic mass is 10.2. The van der Waals surface area contributed by atoms with Crippen LogP contribution in [0.1, 0.15) is 30.3 Å². The largest absolute Gasteiger partial charge is 0.368 e. The number of carbonyl (C=O) groups excluding carboxylic acids is 1. The van der Waals surface area contributed by atoms with Crippen molar-refractivity contribution in [2.45, 2.75) is 19.8 Å². The third-order valence-corrected chi connectivity index (χ3v) is 5.08. The van der Waals surface area contributed by atoms with Crippen LogP contribution in [-0.4, -0.2) is 60.8 Å². The molecule has 1 aromatic carbocycles. The molecule has 0 spiro atoms. The number of halogens is 1. The lowest BCUT2D eigenvalue weighted by Crippen LogP contribution is -2.47. The molecule has 1 aliphatic heterocycles. The topological polar surface area (TPSA) is 52.6 Å². The minimum Gasteiger partial charge on any atom is -0.368 e. The minimum absolute atomic E-state index is 0.0757. The summed E-state index contributed by atoms with van der Waals surface area (Å²) in [6, 6.07) is 11.6. The fraction of sp³-hybridized carbons (Fsp3) is 0.450. The van der Waals surface area contributed by atoms with Crippen molar-refractivity contribution >= 4 is 29.0 Å². The molecule has 1 aromatic heterocycles. The maximum absolute atomic E-state index is 12.4. The Morgan fingerprint density at radius 2 is 1.85 bits per heavy atom. The van der Waals surface area contributed by atoms with Crippen LogP contribution in [0.5, 0.6) is 0 Å². The molecule has 27 heavy (non-hydrogen) atoms. The number of unbranched alkanes of at least 4 members (excludes halogenated alkanes) is 1. The molecule has 144 valence electrons. The average molecular weight is 388 g/mol. The molecular weight excluding hydrogens is 362 g/mol. The zero-order valence-corrected chi connectivity index (χ0v) is 16.7. The molecule has 0 unspecified atom stereocenters. The first kappa shape index (κ1) is 19.4. The molecule has 0 N–H and O–H groups in total. The second-order valence-corrected chi connectivity index (χ2v) is 7.25. The summed E-state index contributed by atoms with van der Waals surface area (Å²) in [5, 5.41) is 9.20. The number of anilines is 2. The summed E-state index contributed by atoms with van der Waals surface area (Å²) in [4.78, 5) is 18.6. The molecular formula is C20H26ClN5O. The van der Waals surface area contributed by atoms with Crippen molar-refractivity contribution in [3.8, 4) is 0 Å². The monoisotopic (exact) mass is 387 g/mol. The van der Waals surface area contributed by atoms with Gasteiger partial charge < -0.3 is 14.7 Å². The first-order valence-corrected chi connectivity index (χ1v) is 9.81. The number of amides is 1. The van der Waals surface area contributed by atoms with Crippen LogP contribution in [0.4, 0.5) is 11.5 Å². The van der Waals surface area contributed by atoms with Gasteiger partial charge in [-0.1, -0.05) is 31.0 Å². The predicted octanol–water partition coefficient (Wildman–Crippen LogP) is 3.33. The molecule has 0 atom stereocenters. The van der Waals surface area contributed by atoms with Gasteiger partial charge >= 0.3 is 0 Å². The highest BCUT2D eigenvalue weighted by Gasteiger charge is 2.20. The Hall–Kier alpha value is -2.34. The van der Waals surface area contributed by atoms with Crippen molar-refractivity contribution in [2.75, 3.05) is 49.6 Å². The van der Waals surface area contributed by atoms with Crippen molar-refractivity contribution in [3.63, 3.8) is 0 Å². The number of benzene rings is 1. The summed E-state index contributed by atoms with van der Waals surface area (Å²) in [7, 11) is 1.81. The zero-order valence-electron chi connectivity index (χ0n) is 15.9. The molecule has 1 aliphatic rings. The molecule has 0 saturated carbocycles. The van der Waals surface area contributed by atoms with Crippen molar-refractivity contribution in [2.24, 2.45) is 0 Å². The lowest BCUT2D eigenvalue weighted by Gasteiger charge is -2.36. The smallest absolute Gasteiger partial charge is 0.274 e. The van der Waals surface area contributed by atoms with E-state index in [1.807, 2.05) is 31.3 Å². The zero-order chi connectivity index (χ0) is 19.2. The fourth-order valence-electron chi connectivity index (χ4n) is 3.17. The van der Waals surface area contributed by atoms with Crippen LogP contribution in [0.25, 0.3) is 0 Å². The Labute approximate surface area is 165 Å². The van der Waals surface area contributed by atoms with E-state index < -0.39 is 0 Å². The van der Waals surface area contributed by atoms with Crippen molar-refractivity contribution in [1.29, 1.82) is 0 Å². The highest BCUT2D eigenvalue weighted by atomic mass is 35.5. The van der Waals surface area contributed by atoms with Gasteiger partial charge in [0.2, 0.25) is 0 Å². The SMILES string of the molecule is CCCCN(C)C(=O)c1ccc(N2CCN(c3cccc(Cl)c3)CC2)nn1. The lowest BCUT2D eigenvalue weighted by molar-refractivity contribution is 0.0786. The van der Waals surface area contributed by atoms with Gasteiger partial charge in [0.15, 0.2) is 11.5 Å². The highest BCUT2D eigenvalue weighted by molar-refractivity contribution is 6.30. The third-order valence-electron chi connectivity index (χ3n) is 4.84. The van der Waals surface area contributed by atoms with Crippen LogP contribution >= 0.6 is 11.6 Å². The van der Waals surface area contributed by atoms with Crippen LogP contribution in [0, 0.1) is 0 Å². The molecule has 0 aliphatic carbocycles. The van der Waals surface area contributed by atoms with Gasteiger partial charge in [0.1, 0.15) is 0 Å². The Balaban J connectivity index is 1.58. The standard InChI is InChI=1S/C20H26ClN5O/c1-3-4-10-24(2)20(27)18-8-9-19(23-22-18)26-13-11-25(12-14-26)17-7-5-6-16(21)15-17/h5-9,15H,3-4,10-14H2,1-2H3. The van der Waals surface area contributed by atoms with Gasteiger partial charge in [0.05, 0.1) is 0 Å². The van der Waals surface area contributed by atoms with E-state index in [1.54, 1.807) is 11.0 Å². The highest BCUT2D eigenvalue weighted by Crippen LogP contribution is 2.22. The molecule has 0 bridgehead atoms. The van der Waals surface area contributed by atoms with Gasteiger partial charge in [-0.3, -0.25) is 4.79 Å². The number of piperazine rings is 1. The summed E-state index contributed by atoms with van der Waals surface area (Å²) < 4.78 is 0. The van der Waals surface area contributed by atoms with Crippen LogP contribution in [0.15, 0.2) is 36.4 Å². The first-order valence-electron chi connectivity index (χ1n) is 9.43. The number of carbonyl (C=O) groups is 1. The van der Waals surface area contributed by atoms with Crippen LogP contribution in [-0.2, 0) is 0 Å². The fourth-order valence-corrected chi connectivity index (χ4v) is 3.35. The van der Waals surface area contributed by atoms with Gasteiger partial charge in [0.25, 0.3) is 5.91 Å². The van der Waals surface area contributed by atoms with E-state index in [0.717, 1.165) is 62.1 Å². The van der Waals surface area contributed by atoms with Gasteiger partial charge in [-0.15, -0.1) is 10.2 Å². The van der Waals surface area contributed by atoms with E-state index in [-0.39, 0.29) is 5.91 Å². The molecule has 7 heteroatoms. The van der Waals surface area contributed by atoms with Gasteiger partial charge in [-0.05, 0) is 36.8 Å². The number of aromatic nitrogens is 2. The normalized spacial score (nSPS) is 14.3. The predicted molar refractivity (Wildman–Crippen MR) is 110 cm³/mol. The van der Waals surface area contributed by atoms with Crippen molar-refractivity contribution in [1.82, 2.24) is 15.1 Å². The van der Waals surface area contributed by atoms with Crippen molar-refractivity contribution in [3.05, 3.63) is 47.1 Å². The summed E-state index contributed by atoms with van der Waals surface area (Å²) in [6.45, 7) is 6.34. The maximum Gasteiger partial charge on any atom is 0.274 e. The van der Waals surface area contributed by atoms with Crippen molar-refractivity contribution < 1.29 is 4.79 Å². The van der Waals surface area contributed by atoms with E-state index in [4.69, 9.17) is 11.6 Å². The summed E-state index contributed by atoms with van der Waals surface area (Å²) in [5.41, 5.74) is 1.54. The van der Waals surface area contributed by atoms with E-state index in [1.165, 1.54) is 0 Å². The minimum atomic E-state index is -0.0757. The summed E-state index contributed by atoms with van der Waals surface area (Å²) in [5.74, 6) is 0.738. The summed E-state index contributed by atoms with van der Waals surface area (Å²) >= 11 is 6.09. The molecule has 1 amide bonds. The Kier molecular flexibility index (Phi) is 6.50. The molecule has 0 radical (unpaired) electrons. The molecule has 2 aromatic rings. The molecule has 1 saturated heterocycles. The Bertz CT molecular complexity index is 759. The molecule has 6 nitrogen and oxygen atoms in total. The molecule has 1 fully saturated rings. The van der Waals surface area contributed by atoms with E-state index in [9.17, 15) is 4.79 Å².